The van der Waals surface area contributed by atoms with Gasteiger partial charge in [0.15, 0.2) is 0 Å². The summed E-state index contributed by atoms with van der Waals surface area (Å²) in [5.41, 5.74) is 4.53. The molecule has 178 valence electrons. The molecule has 34 heavy (non-hydrogen) atoms. The summed E-state index contributed by atoms with van der Waals surface area (Å²) in [7, 11) is 1.71. The molecule has 0 unspecified atom stereocenters. The molecular weight excluding hydrogens is 428 g/mol. The third kappa shape index (κ3) is 5.16. The summed E-state index contributed by atoms with van der Waals surface area (Å²) in [6.07, 6.45) is 9.01. The summed E-state index contributed by atoms with van der Waals surface area (Å²) in [5.74, 6) is 0.635. The van der Waals surface area contributed by atoms with Crippen LogP contribution in [-0.2, 0) is 11.8 Å². The molecule has 0 spiro atoms. The van der Waals surface area contributed by atoms with E-state index in [1.165, 1.54) is 4.68 Å². The third-order valence-electron chi connectivity index (χ3n) is 6.94. The van der Waals surface area contributed by atoms with Gasteiger partial charge in [0, 0.05) is 36.9 Å². The van der Waals surface area contributed by atoms with Gasteiger partial charge in [0.1, 0.15) is 17.6 Å². The van der Waals surface area contributed by atoms with E-state index in [4.69, 9.17) is 0 Å². The Morgan fingerprint density at radius 2 is 1.79 bits per heavy atom. The van der Waals surface area contributed by atoms with E-state index in [0.29, 0.717) is 17.4 Å². The second-order valence-electron chi connectivity index (χ2n) is 9.30. The predicted octanol–water partition coefficient (Wildman–Crippen LogP) is 4.06. The van der Waals surface area contributed by atoms with Crippen molar-refractivity contribution in [2.75, 3.05) is 5.32 Å². The maximum absolute atomic E-state index is 13.3. The highest BCUT2D eigenvalue weighted by molar-refractivity contribution is 6.00. The normalized spacial score (nSPS) is 18.8. The summed E-state index contributed by atoms with van der Waals surface area (Å²) < 4.78 is 1.51. The maximum atomic E-state index is 13.3. The molecule has 4 rings (SSSR count). The first kappa shape index (κ1) is 23.6. The van der Waals surface area contributed by atoms with Gasteiger partial charge in [0.25, 0.3) is 5.91 Å². The van der Waals surface area contributed by atoms with Crippen molar-refractivity contribution in [3.63, 3.8) is 0 Å². The fraction of sp³-hybridized carbons (Fsp3) is 0.423. The van der Waals surface area contributed by atoms with Crippen LogP contribution in [0.1, 0.15) is 54.4 Å². The molecule has 0 saturated heterocycles. The van der Waals surface area contributed by atoms with Gasteiger partial charge in [-0.15, -0.1) is 0 Å². The Morgan fingerprint density at radius 1 is 1.03 bits per heavy atom. The molecule has 0 bridgehead atoms. The van der Waals surface area contributed by atoms with Gasteiger partial charge in [-0.05, 0) is 73.9 Å². The highest BCUT2D eigenvalue weighted by atomic mass is 16.2. The standard InChI is InChI=1S/C26H32N6O2/c1-16-5-7-19(8-6-16)24(31-25(33)22-12-14-29-32(22)4)26(34)30-23-10-9-20(15-28-23)21-11-13-27-18(3)17(21)2/h9-16,19,24H,5-8H2,1-4H3,(H,31,33)(H,28,30,34)/t16?,19?,24-/m0/s1. The van der Waals surface area contributed by atoms with Crippen molar-refractivity contribution in [1.82, 2.24) is 25.1 Å². The molecule has 8 nitrogen and oxygen atoms in total. The minimum atomic E-state index is -0.638. The molecule has 1 saturated carbocycles. The van der Waals surface area contributed by atoms with Gasteiger partial charge in [-0.25, -0.2) is 4.98 Å². The largest absolute Gasteiger partial charge is 0.339 e. The summed E-state index contributed by atoms with van der Waals surface area (Å²) in [5, 5.41) is 9.96. The van der Waals surface area contributed by atoms with Crippen molar-refractivity contribution < 1.29 is 9.59 Å². The molecule has 0 radical (unpaired) electrons. The number of aryl methyl sites for hydroxylation is 2. The Morgan fingerprint density at radius 3 is 2.44 bits per heavy atom. The van der Waals surface area contributed by atoms with Crippen LogP contribution in [0.4, 0.5) is 5.82 Å². The van der Waals surface area contributed by atoms with Crippen LogP contribution in [0.5, 0.6) is 0 Å². The Balaban J connectivity index is 1.51. The number of amides is 2. The number of hydrogen-bond donors (Lipinski definition) is 2. The van der Waals surface area contributed by atoms with E-state index >= 15 is 0 Å². The number of nitrogens with zero attached hydrogens (tertiary/aromatic N) is 4. The highest BCUT2D eigenvalue weighted by Gasteiger charge is 2.33. The quantitative estimate of drug-likeness (QED) is 0.578. The maximum Gasteiger partial charge on any atom is 0.270 e. The molecule has 0 aromatic carbocycles. The van der Waals surface area contributed by atoms with Crippen LogP contribution < -0.4 is 10.6 Å². The molecular formula is C26H32N6O2. The van der Waals surface area contributed by atoms with Crippen molar-refractivity contribution in [2.24, 2.45) is 18.9 Å². The molecule has 1 aliphatic carbocycles. The Labute approximate surface area is 200 Å². The van der Waals surface area contributed by atoms with E-state index in [1.54, 1.807) is 37.8 Å². The minimum absolute atomic E-state index is 0.0788. The van der Waals surface area contributed by atoms with Gasteiger partial charge in [-0.2, -0.15) is 5.10 Å². The van der Waals surface area contributed by atoms with Crippen LogP contribution in [0.15, 0.2) is 42.9 Å². The first-order valence-corrected chi connectivity index (χ1v) is 11.8. The molecule has 3 aromatic heterocycles. The topological polar surface area (TPSA) is 102 Å². The van der Waals surface area contributed by atoms with Crippen molar-refractivity contribution in [2.45, 2.75) is 52.5 Å². The van der Waals surface area contributed by atoms with E-state index in [0.717, 1.165) is 48.1 Å². The number of carbonyl (C=O) groups is 2. The molecule has 1 aliphatic rings. The first-order valence-electron chi connectivity index (χ1n) is 11.8. The van der Waals surface area contributed by atoms with Crippen LogP contribution in [0.2, 0.25) is 0 Å². The molecule has 1 fully saturated rings. The van der Waals surface area contributed by atoms with Gasteiger partial charge < -0.3 is 10.6 Å². The Bertz CT molecular complexity index is 1160. The number of pyridine rings is 2. The SMILES string of the molecule is Cc1nccc(-c2ccc(NC(=O)[C@@H](NC(=O)c3ccnn3C)C3CCC(C)CC3)nc2)c1C. The van der Waals surface area contributed by atoms with Gasteiger partial charge in [-0.1, -0.05) is 19.8 Å². The second-order valence-corrected chi connectivity index (χ2v) is 9.30. The first-order chi connectivity index (χ1) is 16.3. The average molecular weight is 461 g/mol. The molecule has 3 aromatic rings. The molecule has 1 atom stereocenters. The molecule has 3 heterocycles. The zero-order chi connectivity index (χ0) is 24.2. The summed E-state index contributed by atoms with van der Waals surface area (Å²) in [6, 6.07) is 6.71. The Kier molecular flexibility index (Phi) is 7.05. The smallest absolute Gasteiger partial charge is 0.270 e. The number of nitrogens with one attached hydrogen (secondary N) is 2. The number of carbonyl (C=O) groups excluding carboxylic acids is 2. The van der Waals surface area contributed by atoms with Gasteiger partial charge in [0.05, 0.1) is 0 Å². The van der Waals surface area contributed by atoms with Crippen LogP contribution in [0.25, 0.3) is 11.1 Å². The molecule has 8 heteroatoms. The second kappa shape index (κ2) is 10.2. The van der Waals surface area contributed by atoms with Crippen LogP contribution in [0.3, 0.4) is 0 Å². The lowest BCUT2D eigenvalue weighted by atomic mass is 9.79. The van der Waals surface area contributed by atoms with Gasteiger partial charge >= 0.3 is 0 Å². The molecule has 2 N–H and O–H groups in total. The van der Waals surface area contributed by atoms with Gasteiger partial charge in [0.2, 0.25) is 5.91 Å². The van der Waals surface area contributed by atoms with Gasteiger partial charge in [-0.3, -0.25) is 19.3 Å². The zero-order valence-electron chi connectivity index (χ0n) is 20.2. The lowest BCUT2D eigenvalue weighted by Crippen LogP contribution is -2.49. The van der Waals surface area contributed by atoms with Crippen LogP contribution >= 0.6 is 0 Å². The predicted molar refractivity (Wildman–Crippen MR) is 131 cm³/mol. The summed E-state index contributed by atoms with van der Waals surface area (Å²) in [4.78, 5) is 35.0. The highest BCUT2D eigenvalue weighted by Crippen LogP contribution is 2.31. The summed E-state index contributed by atoms with van der Waals surface area (Å²) >= 11 is 0. The van der Waals surface area contributed by atoms with E-state index in [1.807, 2.05) is 26.0 Å². The van der Waals surface area contributed by atoms with E-state index in [9.17, 15) is 9.59 Å². The monoisotopic (exact) mass is 460 g/mol. The zero-order valence-corrected chi connectivity index (χ0v) is 20.2. The van der Waals surface area contributed by atoms with E-state index in [2.05, 4.69) is 32.6 Å². The molecule has 2 amide bonds. The lowest BCUT2D eigenvalue weighted by Gasteiger charge is -2.32. The number of anilines is 1. The van der Waals surface area contributed by atoms with Crippen molar-refractivity contribution in [3.8, 4) is 11.1 Å². The van der Waals surface area contributed by atoms with Crippen LogP contribution in [0, 0.1) is 25.7 Å². The fourth-order valence-corrected chi connectivity index (χ4v) is 4.61. The average Bonchev–Trinajstić information content (AvgIpc) is 3.26. The molecule has 0 aliphatic heterocycles. The number of rotatable bonds is 6. The van der Waals surface area contributed by atoms with Crippen molar-refractivity contribution in [1.29, 1.82) is 0 Å². The third-order valence-corrected chi connectivity index (χ3v) is 6.94. The minimum Gasteiger partial charge on any atom is -0.339 e. The van der Waals surface area contributed by atoms with Crippen LogP contribution in [-0.4, -0.2) is 37.6 Å². The van der Waals surface area contributed by atoms with Crippen molar-refractivity contribution in [3.05, 3.63) is 59.8 Å². The Hall–Kier alpha value is -3.55. The number of hydrogen-bond acceptors (Lipinski definition) is 5. The number of aromatic nitrogens is 4. The summed E-state index contributed by atoms with van der Waals surface area (Å²) in [6.45, 7) is 6.25. The van der Waals surface area contributed by atoms with E-state index < -0.39 is 6.04 Å². The fourth-order valence-electron chi connectivity index (χ4n) is 4.61. The van der Waals surface area contributed by atoms with E-state index in [-0.39, 0.29) is 17.7 Å². The van der Waals surface area contributed by atoms with Crippen molar-refractivity contribution >= 4 is 17.6 Å². The lowest BCUT2D eigenvalue weighted by molar-refractivity contribution is -0.119.